The molecule has 2 N–H and O–H groups in total. The Morgan fingerprint density at radius 3 is 2.62 bits per heavy atom. The van der Waals surface area contributed by atoms with Crippen LogP contribution in [0.15, 0.2) is 55.2 Å². The third-order valence-electron chi connectivity index (χ3n) is 7.07. The summed E-state index contributed by atoms with van der Waals surface area (Å²) in [5.74, 6) is 3.23. The average Bonchev–Trinajstić information content (AvgIpc) is 3.33. The summed E-state index contributed by atoms with van der Waals surface area (Å²) in [6.45, 7) is 5.37. The van der Waals surface area contributed by atoms with E-state index in [0.29, 0.717) is 40.7 Å². The number of nitrogens with zero attached hydrogens (tertiary/aromatic N) is 7. The molecule has 3 fully saturated rings. The number of aliphatic hydroxyl groups is 1. The van der Waals surface area contributed by atoms with Crippen LogP contribution >= 0.6 is 0 Å². The second kappa shape index (κ2) is 9.01. The number of ether oxygens (including phenoxy) is 1. The van der Waals surface area contributed by atoms with Crippen molar-refractivity contribution >= 4 is 17.3 Å². The second-order valence-electron chi connectivity index (χ2n) is 10.5. The molecule has 0 aromatic carbocycles. The van der Waals surface area contributed by atoms with E-state index in [1.165, 1.54) is 6.42 Å². The van der Waals surface area contributed by atoms with Crippen LogP contribution in [-0.4, -0.2) is 61.0 Å². The molecular weight excluding hydrogens is 468 g/mol. The molecule has 1 aliphatic carbocycles. The zero-order valence-corrected chi connectivity index (χ0v) is 20.7. The number of fused-ring (bicyclic) bond motifs is 3. The number of hydrogen-bond acceptors (Lipinski definition) is 9. The van der Waals surface area contributed by atoms with Crippen LogP contribution in [0.3, 0.4) is 0 Å². The molecule has 2 saturated heterocycles. The first-order valence-electron chi connectivity index (χ1n) is 12.4. The van der Waals surface area contributed by atoms with Crippen molar-refractivity contribution in [1.82, 2.24) is 24.6 Å². The van der Waals surface area contributed by atoms with Gasteiger partial charge in [0, 0.05) is 48.8 Å². The van der Waals surface area contributed by atoms with Crippen LogP contribution in [0.1, 0.15) is 25.8 Å². The fourth-order valence-electron chi connectivity index (χ4n) is 5.30. The van der Waals surface area contributed by atoms with Gasteiger partial charge in [0.2, 0.25) is 5.95 Å². The zero-order valence-electron chi connectivity index (χ0n) is 20.7. The standard InChI is InChI=1S/C27H28N8O2/c1-27(2,36)16-37-21-9-22(25-20(10-28)12-32-35(25)15-21)17-4-5-23(31-11-17)34-13-18-8-19(14-34)24(18)33-26-29-6-3-7-30-26/h3-7,9,11-12,15,18-19,24,36H,8,13-14,16H2,1-2H3,(H,29,30,33)/t18-,19?,24?/m0/s1. The molecule has 6 heterocycles. The van der Waals surface area contributed by atoms with E-state index >= 15 is 0 Å². The van der Waals surface area contributed by atoms with Crippen molar-refractivity contribution in [2.24, 2.45) is 11.8 Å². The summed E-state index contributed by atoms with van der Waals surface area (Å²) in [6.07, 6.45) is 9.82. The number of pyridine rings is 2. The molecule has 0 amide bonds. The normalized spacial score (nSPS) is 20.8. The van der Waals surface area contributed by atoms with Crippen molar-refractivity contribution in [1.29, 1.82) is 5.26 Å². The van der Waals surface area contributed by atoms with Crippen LogP contribution < -0.4 is 15.0 Å². The van der Waals surface area contributed by atoms with Crippen LogP contribution in [0.25, 0.3) is 16.6 Å². The Balaban J connectivity index is 1.22. The molecule has 0 radical (unpaired) electrons. The average molecular weight is 497 g/mol. The highest BCUT2D eigenvalue weighted by Crippen LogP contribution is 2.42. The Hall–Kier alpha value is -4.23. The highest BCUT2D eigenvalue weighted by molar-refractivity contribution is 5.85. The third kappa shape index (κ3) is 4.54. The molecular formula is C27H28N8O2. The van der Waals surface area contributed by atoms with E-state index in [2.05, 4.69) is 31.4 Å². The molecule has 1 saturated carbocycles. The summed E-state index contributed by atoms with van der Waals surface area (Å²) in [5.41, 5.74) is 1.87. The smallest absolute Gasteiger partial charge is 0.222 e. The van der Waals surface area contributed by atoms with Crippen LogP contribution in [0.2, 0.25) is 0 Å². The van der Waals surface area contributed by atoms with Crippen LogP contribution in [0.5, 0.6) is 5.75 Å². The summed E-state index contributed by atoms with van der Waals surface area (Å²) in [4.78, 5) is 15.7. The monoisotopic (exact) mass is 496 g/mol. The van der Waals surface area contributed by atoms with E-state index in [9.17, 15) is 10.4 Å². The molecule has 2 aliphatic heterocycles. The Morgan fingerprint density at radius 1 is 1.16 bits per heavy atom. The van der Waals surface area contributed by atoms with Crippen molar-refractivity contribution in [3.8, 4) is 22.9 Å². The van der Waals surface area contributed by atoms with Crippen LogP contribution in [0, 0.1) is 23.2 Å². The Labute approximate surface area is 214 Å². The Bertz CT molecular complexity index is 1440. The van der Waals surface area contributed by atoms with Crippen LogP contribution in [0.4, 0.5) is 11.8 Å². The van der Waals surface area contributed by atoms with Crippen molar-refractivity contribution in [2.45, 2.75) is 31.9 Å². The van der Waals surface area contributed by atoms with E-state index in [0.717, 1.165) is 30.0 Å². The number of rotatable bonds is 7. The molecule has 10 heteroatoms. The van der Waals surface area contributed by atoms with Gasteiger partial charge in [0.05, 0.1) is 29.1 Å². The molecule has 7 rings (SSSR count). The lowest BCUT2D eigenvalue weighted by molar-refractivity contribution is 0.0283. The van der Waals surface area contributed by atoms with Gasteiger partial charge in [-0.05, 0) is 56.4 Å². The Kier molecular flexibility index (Phi) is 5.65. The van der Waals surface area contributed by atoms with Gasteiger partial charge in [-0.25, -0.2) is 19.5 Å². The van der Waals surface area contributed by atoms with E-state index in [1.54, 1.807) is 43.2 Å². The minimum atomic E-state index is -0.974. The number of piperidine rings is 2. The first-order valence-corrected chi connectivity index (χ1v) is 12.4. The van der Waals surface area contributed by atoms with Crippen molar-refractivity contribution in [2.75, 3.05) is 29.9 Å². The Morgan fingerprint density at radius 2 is 1.95 bits per heavy atom. The van der Waals surface area contributed by atoms with Crippen molar-refractivity contribution in [3.63, 3.8) is 0 Å². The predicted molar refractivity (Wildman–Crippen MR) is 138 cm³/mol. The van der Waals surface area contributed by atoms with Gasteiger partial charge in [-0.2, -0.15) is 10.4 Å². The van der Waals surface area contributed by atoms with Gasteiger partial charge in [-0.3, -0.25) is 0 Å². The molecule has 2 bridgehead atoms. The first kappa shape index (κ1) is 23.2. The minimum Gasteiger partial charge on any atom is -0.489 e. The number of hydrogen-bond donors (Lipinski definition) is 2. The largest absolute Gasteiger partial charge is 0.489 e. The maximum atomic E-state index is 10.1. The molecule has 37 heavy (non-hydrogen) atoms. The van der Waals surface area contributed by atoms with E-state index in [1.807, 2.05) is 30.5 Å². The number of nitrogens with one attached hydrogen (secondary N) is 1. The topological polar surface area (TPSA) is 124 Å². The highest BCUT2D eigenvalue weighted by atomic mass is 16.5. The molecule has 4 aromatic rings. The lowest BCUT2D eigenvalue weighted by Gasteiger charge is -2.54. The molecule has 3 aliphatic rings. The second-order valence-corrected chi connectivity index (χ2v) is 10.5. The SMILES string of the molecule is CC(C)(O)COc1cc(-c2ccc(N3CC4C[C@@H](C3)C4Nc3ncccn3)nc2)c2c(C#N)cnn2c1. The number of anilines is 2. The van der Waals surface area contributed by atoms with Gasteiger partial charge < -0.3 is 20.1 Å². The fourth-order valence-corrected chi connectivity index (χ4v) is 5.30. The maximum absolute atomic E-state index is 10.1. The van der Waals surface area contributed by atoms with Crippen molar-refractivity contribution in [3.05, 3.63) is 60.8 Å². The molecule has 4 aromatic heterocycles. The molecule has 10 nitrogen and oxygen atoms in total. The third-order valence-corrected chi connectivity index (χ3v) is 7.07. The van der Waals surface area contributed by atoms with Crippen LogP contribution in [-0.2, 0) is 0 Å². The summed E-state index contributed by atoms with van der Waals surface area (Å²) >= 11 is 0. The minimum absolute atomic E-state index is 0.130. The van der Waals surface area contributed by atoms with E-state index < -0.39 is 5.60 Å². The van der Waals surface area contributed by atoms with Gasteiger partial charge in [0.15, 0.2) is 0 Å². The lowest BCUT2D eigenvalue weighted by Crippen LogP contribution is -2.61. The molecule has 188 valence electrons. The van der Waals surface area contributed by atoms with Gasteiger partial charge in [-0.1, -0.05) is 0 Å². The summed E-state index contributed by atoms with van der Waals surface area (Å²) < 4.78 is 7.48. The van der Waals surface area contributed by atoms with E-state index in [-0.39, 0.29) is 6.61 Å². The fraction of sp³-hybridized carbons (Fsp3) is 0.370. The van der Waals surface area contributed by atoms with Gasteiger partial charge in [0.1, 0.15) is 24.2 Å². The molecule has 0 spiro atoms. The lowest BCUT2D eigenvalue weighted by atomic mass is 9.66. The maximum Gasteiger partial charge on any atom is 0.222 e. The van der Waals surface area contributed by atoms with Gasteiger partial charge in [0.25, 0.3) is 0 Å². The van der Waals surface area contributed by atoms with E-state index in [4.69, 9.17) is 9.72 Å². The zero-order chi connectivity index (χ0) is 25.6. The summed E-state index contributed by atoms with van der Waals surface area (Å²) in [7, 11) is 0. The van der Waals surface area contributed by atoms with Gasteiger partial charge >= 0.3 is 0 Å². The number of aromatic nitrogens is 5. The summed E-state index contributed by atoms with van der Waals surface area (Å²) in [6, 6.07) is 10.4. The van der Waals surface area contributed by atoms with Gasteiger partial charge in [-0.15, -0.1) is 0 Å². The number of nitriles is 1. The molecule has 3 atom stereocenters. The molecule has 2 unspecified atom stereocenters. The highest BCUT2D eigenvalue weighted by Gasteiger charge is 2.47. The summed E-state index contributed by atoms with van der Waals surface area (Å²) in [5, 5.41) is 27.5. The first-order chi connectivity index (χ1) is 17.9. The quantitative estimate of drug-likeness (QED) is 0.397. The van der Waals surface area contributed by atoms with Crippen molar-refractivity contribution < 1.29 is 9.84 Å². The predicted octanol–water partition coefficient (Wildman–Crippen LogP) is 3.14.